The number of rotatable bonds is 4. The second kappa shape index (κ2) is 6.01. The fourth-order valence-electron chi connectivity index (χ4n) is 1.79. The molecule has 0 aliphatic carbocycles. The number of halogens is 1. The van der Waals surface area contributed by atoms with Crippen LogP contribution >= 0.6 is 0 Å². The van der Waals surface area contributed by atoms with Crippen LogP contribution in [0.15, 0.2) is 42.5 Å². The standard InChI is InChI=1S/C16H14FNO/c1-2-12-3-5-16(6-4-12)19-11-14-7-13(10-18)8-15(17)9-14/h3-9H,2,11H2,1H3. The zero-order chi connectivity index (χ0) is 13.7. The molecule has 0 saturated heterocycles. The van der Waals surface area contributed by atoms with Crippen LogP contribution in [0.4, 0.5) is 4.39 Å². The van der Waals surface area contributed by atoms with Gasteiger partial charge in [-0.05, 0) is 47.9 Å². The highest BCUT2D eigenvalue weighted by Crippen LogP contribution is 2.16. The van der Waals surface area contributed by atoms with E-state index in [4.69, 9.17) is 10.00 Å². The van der Waals surface area contributed by atoms with Gasteiger partial charge in [0.15, 0.2) is 0 Å². The third-order valence-corrected chi connectivity index (χ3v) is 2.82. The van der Waals surface area contributed by atoms with Gasteiger partial charge in [0.2, 0.25) is 0 Å². The molecule has 0 aromatic heterocycles. The summed E-state index contributed by atoms with van der Waals surface area (Å²) < 4.78 is 18.8. The molecule has 0 spiro atoms. The highest BCUT2D eigenvalue weighted by molar-refractivity contribution is 5.34. The van der Waals surface area contributed by atoms with Crippen LogP contribution in [0.1, 0.15) is 23.6 Å². The Morgan fingerprint density at radius 3 is 2.47 bits per heavy atom. The molecule has 2 nitrogen and oxygen atoms in total. The first kappa shape index (κ1) is 13.1. The average molecular weight is 255 g/mol. The first-order valence-electron chi connectivity index (χ1n) is 6.12. The maximum absolute atomic E-state index is 13.2. The molecule has 96 valence electrons. The van der Waals surface area contributed by atoms with Crippen LogP contribution in [0.2, 0.25) is 0 Å². The minimum absolute atomic E-state index is 0.248. The van der Waals surface area contributed by atoms with Crippen LogP contribution in [0, 0.1) is 17.1 Å². The molecule has 0 aliphatic rings. The molecule has 0 bridgehead atoms. The van der Waals surface area contributed by atoms with Crippen molar-refractivity contribution in [3.05, 3.63) is 65.0 Å². The van der Waals surface area contributed by atoms with Crippen molar-refractivity contribution in [2.75, 3.05) is 0 Å². The molecule has 3 heteroatoms. The van der Waals surface area contributed by atoms with Crippen molar-refractivity contribution < 1.29 is 9.13 Å². The van der Waals surface area contributed by atoms with E-state index in [1.807, 2.05) is 30.3 Å². The van der Waals surface area contributed by atoms with Crippen molar-refractivity contribution in [2.45, 2.75) is 20.0 Å². The first-order chi connectivity index (χ1) is 9.21. The van der Waals surface area contributed by atoms with Gasteiger partial charge in [0.1, 0.15) is 18.2 Å². The van der Waals surface area contributed by atoms with Gasteiger partial charge in [0.05, 0.1) is 11.6 Å². The van der Waals surface area contributed by atoms with Gasteiger partial charge in [-0.3, -0.25) is 0 Å². The predicted octanol–water partition coefficient (Wildman–Crippen LogP) is 3.84. The van der Waals surface area contributed by atoms with E-state index in [1.54, 1.807) is 6.07 Å². The molecule has 19 heavy (non-hydrogen) atoms. The number of hydrogen-bond acceptors (Lipinski definition) is 2. The maximum Gasteiger partial charge on any atom is 0.124 e. The normalized spacial score (nSPS) is 9.95. The largest absolute Gasteiger partial charge is 0.489 e. The molecule has 0 fully saturated rings. The fourth-order valence-corrected chi connectivity index (χ4v) is 1.79. The Morgan fingerprint density at radius 1 is 1.11 bits per heavy atom. The zero-order valence-electron chi connectivity index (χ0n) is 10.7. The topological polar surface area (TPSA) is 33.0 Å². The third-order valence-electron chi connectivity index (χ3n) is 2.82. The van der Waals surface area contributed by atoms with Crippen LogP contribution in [0.3, 0.4) is 0 Å². The second-order valence-electron chi connectivity index (χ2n) is 4.25. The number of benzene rings is 2. The molecule has 0 aliphatic heterocycles. The van der Waals surface area contributed by atoms with Crippen LogP contribution in [-0.2, 0) is 13.0 Å². The third kappa shape index (κ3) is 3.56. The highest BCUT2D eigenvalue weighted by atomic mass is 19.1. The molecule has 0 N–H and O–H groups in total. The Morgan fingerprint density at radius 2 is 1.84 bits per heavy atom. The number of aryl methyl sites for hydroxylation is 1. The van der Waals surface area contributed by atoms with Crippen molar-refractivity contribution >= 4 is 0 Å². The van der Waals surface area contributed by atoms with Crippen LogP contribution in [-0.4, -0.2) is 0 Å². The molecule has 0 saturated carbocycles. The summed E-state index contributed by atoms with van der Waals surface area (Å²) >= 11 is 0. The van der Waals surface area contributed by atoms with Gasteiger partial charge in [-0.1, -0.05) is 19.1 Å². The lowest BCUT2D eigenvalue weighted by Gasteiger charge is -2.07. The SMILES string of the molecule is CCc1ccc(OCc2cc(F)cc(C#N)c2)cc1. The fraction of sp³-hybridized carbons (Fsp3) is 0.188. The molecular weight excluding hydrogens is 241 g/mol. The number of nitrogens with zero attached hydrogens (tertiary/aromatic N) is 1. The van der Waals surface area contributed by atoms with Gasteiger partial charge in [-0.25, -0.2) is 4.39 Å². The monoisotopic (exact) mass is 255 g/mol. The van der Waals surface area contributed by atoms with E-state index in [0.717, 1.165) is 12.2 Å². The summed E-state index contributed by atoms with van der Waals surface area (Å²) in [7, 11) is 0. The molecule has 0 amide bonds. The van der Waals surface area contributed by atoms with Gasteiger partial charge in [-0.2, -0.15) is 5.26 Å². The Kier molecular flexibility index (Phi) is 4.15. The van der Waals surface area contributed by atoms with Crippen molar-refractivity contribution in [1.29, 1.82) is 5.26 Å². The summed E-state index contributed by atoms with van der Waals surface area (Å²) in [5.41, 5.74) is 2.20. The Hall–Kier alpha value is -2.34. The average Bonchev–Trinajstić information content (AvgIpc) is 2.45. The number of ether oxygens (including phenoxy) is 1. The van der Waals surface area contributed by atoms with Gasteiger partial charge in [-0.15, -0.1) is 0 Å². The lowest BCUT2D eigenvalue weighted by Crippen LogP contribution is -1.97. The van der Waals surface area contributed by atoms with Gasteiger partial charge in [0.25, 0.3) is 0 Å². The van der Waals surface area contributed by atoms with E-state index in [1.165, 1.54) is 17.7 Å². The predicted molar refractivity (Wildman–Crippen MR) is 71.3 cm³/mol. The van der Waals surface area contributed by atoms with Crippen molar-refractivity contribution in [2.24, 2.45) is 0 Å². The summed E-state index contributed by atoms with van der Waals surface area (Å²) in [6, 6.07) is 13.9. The lowest BCUT2D eigenvalue weighted by molar-refractivity contribution is 0.305. The van der Waals surface area contributed by atoms with E-state index in [2.05, 4.69) is 6.92 Å². The summed E-state index contributed by atoms with van der Waals surface area (Å²) in [4.78, 5) is 0. The van der Waals surface area contributed by atoms with E-state index in [0.29, 0.717) is 11.1 Å². The summed E-state index contributed by atoms with van der Waals surface area (Å²) in [6.07, 6.45) is 0.982. The molecule has 0 radical (unpaired) electrons. The van der Waals surface area contributed by atoms with Crippen LogP contribution in [0.5, 0.6) is 5.75 Å². The Bertz CT molecular complexity index is 599. The minimum Gasteiger partial charge on any atom is -0.489 e. The summed E-state index contributed by atoms with van der Waals surface area (Å²) in [5.74, 6) is 0.318. The van der Waals surface area contributed by atoms with E-state index >= 15 is 0 Å². The smallest absolute Gasteiger partial charge is 0.124 e. The van der Waals surface area contributed by atoms with E-state index in [9.17, 15) is 4.39 Å². The van der Waals surface area contributed by atoms with Gasteiger partial charge >= 0.3 is 0 Å². The van der Waals surface area contributed by atoms with Crippen LogP contribution < -0.4 is 4.74 Å². The molecule has 0 unspecified atom stereocenters. The summed E-state index contributed by atoms with van der Waals surface area (Å²) in [5, 5.41) is 8.77. The van der Waals surface area contributed by atoms with Gasteiger partial charge in [0, 0.05) is 0 Å². The van der Waals surface area contributed by atoms with E-state index < -0.39 is 5.82 Å². The number of nitriles is 1. The molecule has 2 rings (SSSR count). The minimum atomic E-state index is -0.418. The lowest BCUT2D eigenvalue weighted by atomic mass is 10.1. The summed E-state index contributed by atoms with van der Waals surface area (Å²) in [6.45, 7) is 2.34. The maximum atomic E-state index is 13.2. The number of hydrogen-bond donors (Lipinski definition) is 0. The molecular formula is C16H14FNO. The first-order valence-corrected chi connectivity index (χ1v) is 6.12. The second-order valence-corrected chi connectivity index (χ2v) is 4.25. The molecule has 2 aromatic rings. The van der Waals surface area contributed by atoms with Gasteiger partial charge < -0.3 is 4.74 Å². The molecule has 2 aromatic carbocycles. The van der Waals surface area contributed by atoms with Crippen molar-refractivity contribution in [3.8, 4) is 11.8 Å². The Balaban J connectivity index is 2.05. The quantitative estimate of drug-likeness (QED) is 0.831. The highest BCUT2D eigenvalue weighted by Gasteiger charge is 2.02. The van der Waals surface area contributed by atoms with E-state index in [-0.39, 0.29) is 6.61 Å². The molecule has 0 atom stereocenters. The molecule has 0 heterocycles. The Labute approximate surface area is 112 Å². The van der Waals surface area contributed by atoms with Crippen molar-refractivity contribution in [3.63, 3.8) is 0 Å². The van der Waals surface area contributed by atoms with Crippen LogP contribution in [0.25, 0.3) is 0 Å². The van der Waals surface area contributed by atoms with Crippen molar-refractivity contribution in [1.82, 2.24) is 0 Å². The zero-order valence-corrected chi connectivity index (χ0v) is 10.7.